The highest BCUT2D eigenvalue weighted by molar-refractivity contribution is 9.10. The van der Waals surface area contributed by atoms with E-state index in [9.17, 15) is 10.1 Å². The van der Waals surface area contributed by atoms with E-state index in [0.717, 1.165) is 15.6 Å². The molecule has 0 radical (unpaired) electrons. The minimum absolute atomic E-state index is 0.228. The van der Waals surface area contributed by atoms with E-state index in [-0.39, 0.29) is 12.5 Å². The number of methoxy groups -OCH3 is 1. The second-order valence-corrected chi connectivity index (χ2v) is 8.28. The summed E-state index contributed by atoms with van der Waals surface area (Å²) >= 11 is 15.2. The predicted octanol–water partition coefficient (Wildman–Crippen LogP) is 6.85. The standard InChI is InChI=1S/C24H17BrCl2N2O3/c1-31-23-11-15(10-17(13-28)16-3-5-18(25)6-4-16)2-9-22(23)32-14-24(30)29-19-7-8-20(26)21(27)12-19/h2-12H,14H2,1H3,(H,29,30)/b17-10+. The van der Waals surface area contributed by atoms with Gasteiger partial charge in [0.15, 0.2) is 18.1 Å². The lowest BCUT2D eigenvalue weighted by Crippen LogP contribution is -2.20. The number of amides is 1. The Morgan fingerprint density at radius 2 is 1.81 bits per heavy atom. The fraction of sp³-hybridized carbons (Fsp3) is 0.0833. The van der Waals surface area contributed by atoms with Gasteiger partial charge in [0.1, 0.15) is 0 Å². The van der Waals surface area contributed by atoms with Gasteiger partial charge in [-0.1, -0.05) is 57.3 Å². The SMILES string of the molecule is COc1cc(/C=C(\C#N)c2ccc(Br)cc2)ccc1OCC(=O)Nc1ccc(Cl)c(Cl)c1. The minimum Gasteiger partial charge on any atom is -0.493 e. The van der Waals surface area contributed by atoms with E-state index >= 15 is 0 Å². The van der Waals surface area contributed by atoms with Gasteiger partial charge in [-0.15, -0.1) is 0 Å². The topological polar surface area (TPSA) is 71.3 Å². The van der Waals surface area contributed by atoms with Gasteiger partial charge >= 0.3 is 0 Å². The fourth-order valence-corrected chi connectivity index (χ4v) is 3.35. The van der Waals surface area contributed by atoms with Crippen molar-refractivity contribution in [3.05, 3.63) is 86.3 Å². The Bertz CT molecular complexity index is 1200. The van der Waals surface area contributed by atoms with Gasteiger partial charge in [0.05, 0.1) is 28.8 Å². The normalized spacial score (nSPS) is 10.9. The molecule has 0 aliphatic heterocycles. The van der Waals surface area contributed by atoms with Crippen molar-refractivity contribution in [1.82, 2.24) is 0 Å². The Hall–Kier alpha value is -2.98. The number of ether oxygens (including phenoxy) is 2. The molecule has 0 aromatic heterocycles. The van der Waals surface area contributed by atoms with Gasteiger partial charge in [-0.2, -0.15) is 5.26 Å². The van der Waals surface area contributed by atoms with Crippen molar-refractivity contribution >= 4 is 62.4 Å². The predicted molar refractivity (Wildman–Crippen MR) is 131 cm³/mol. The molecule has 0 unspecified atom stereocenters. The summed E-state index contributed by atoms with van der Waals surface area (Å²) in [6, 6.07) is 19.7. The Morgan fingerprint density at radius 1 is 1.06 bits per heavy atom. The number of rotatable bonds is 7. The van der Waals surface area contributed by atoms with Crippen molar-refractivity contribution in [3.8, 4) is 17.6 Å². The van der Waals surface area contributed by atoms with Crippen LogP contribution in [-0.4, -0.2) is 19.6 Å². The molecule has 3 aromatic rings. The molecule has 0 fully saturated rings. The highest BCUT2D eigenvalue weighted by atomic mass is 79.9. The molecule has 0 spiro atoms. The van der Waals surface area contributed by atoms with Crippen molar-refractivity contribution in [3.63, 3.8) is 0 Å². The second kappa shape index (κ2) is 11.1. The number of carbonyl (C=O) groups excluding carboxylic acids is 1. The molecule has 0 aliphatic rings. The zero-order chi connectivity index (χ0) is 23.1. The molecule has 3 rings (SSSR count). The van der Waals surface area contributed by atoms with Crippen molar-refractivity contribution < 1.29 is 14.3 Å². The number of benzene rings is 3. The van der Waals surface area contributed by atoms with Gasteiger partial charge in [0.25, 0.3) is 5.91 Å². The molecule has 1 N–H and O–H groups in total. The largest absolute Gasteiger partial charge is 0.493 e. The van der Waals surface area contributed by atoms with Crippen LogP contribution >= 0.6 is 39.1 Å². The summed E-state index contributed by atoms with van der Waals surface area (Å²) in [5.74, 6) is 0.474. The summed E-state index contributed by atoms with van der Waals surface area (Å²) in [5, 5.41) is 13.0. The van der Waals surface area contributed by atoms with Crippen LogP contribution in [0.5, 0.6) is 11.5 Å². The van der Waals surface area contributed by atoms with Crippen LogP contribution in [0.25, 0.3) is 11.6 Å². The van der Waals surface area contributed by atoms with Crippen LogP contribution < -0.4 is 14.8 Å². The Labute approximate surface area is 204 Å². The van der Waals surface area contributed by atoms with Gasteiger partial charge in [-0.25, -0.2) is 0 Å². The smallest absolute Gasteiger partial charge is 0.262 e. The lowest BCUT2D eigenvalue weighted by molar-refractivity contribution is -0.118. The molecule has 32 heavy (non-hydrogen) atoms. The molecule has 0 bridgehead atoms. The highest BCUT2D eigenvalue weighted by Gasteiger charge is 2.10. The molecule has 5 nitrogen and oxygen atoms in total. The van der Waals surface area contributed by atoms with Gasteiger partial charge in [-0.05, 0) is 59.7 Å². The third-order valence-electron chi connectivity index (χ3n) is 4.34. The first kappa shape index (κ1) is 23.7. The maximum atomic E-state index is 12.2. The third-order valence-corrected chi connectivity index (χ3v) is 5.60. The molecule has 0 saturated carbocycles. The first-order chi connectivity index (χ1) is 15.4. The summed E-state index contributed by atoms with van der Waals surface area (Å²) in [5.41, 5.74) is 2.58. The number of nitrogens with zero attached hydrogens (tertiary/aromatic N) is 1. The Balaban J connectivity index is 1.70. The number of carbonyl (C=O) groups is 1. The van der Waals surface area contributed by atoms with Crippen molar-refractivity contribution in [1.29, 1.82) is 5.26 Å². The summed E-state index contributed by atoms with van der Waals surface area (Å²) in [7, 11) is 1.51. The molecule has 0 heterocycles. The number of hydrogen-bond donors (Lipinski definition) is 1. The van der Waals surface area contributed by atoms with Crippen molar-refractivity contribution in [2.24, 2.45) is 0 Å². The van der Waals surface area contributed by atoms with E-state index in [2.05, 4.69) is 27.3 Å². The van der Waals surface area contributed by atoms with Crippen LogP contribution in [0.15, 0.2) is 65.1 Å². The second-order valence-electron chi connectivity index (χ2n) is 6.55. The van der Waals surface area contributed by atoms with E-state index < -0.39 is 0 Å². The molecule has 0 atom stereocenters. The number of hydrogen-bond acceptors (Lipinski definition) is 4. The quantitative estimate of drug-likeness (QED) is 0.267. The lowest BCUT2D eigenvalue weighted by Gasteiger charge is -2.12. The van der Waals surface area contributed by atoms with Crippen molar-refractivity contribution in [2.75, 3.05) is 19.0 Å². The monoisotopic (exact) mass is 530 g/mol. The number of allylic oxidation sites excluding steroid dienone is 1. The summed E-state index contributed by atoms with van der Waals surface area (Å²) in [4.78, 5) is 12.2. The fourth-order valence-electron chi connectivity index (χ4n) is 2.78. The maximum absolute atomic E-state index is 12.2. The van der Waals surface area contributed by atoms with E-state index in [0.29, 0.717) is 32.8 Å². The van der Waals surface area contributed by atoms with Gasteiger partial charge < -0.3 is 14.8 Å². The average molecular weight is 532 g/mol. The van der Waals surface area contributed by atoms with E-state index in [1.165, 1.54) is 7.11 Å². The number of halogens is 3. The maximum Gasteiger partial charge on any atom is 0.262 e. The van der Waals surface area contributed by atoms with Gasteiger partial charge in [0.2, 0.25) is 0 Å². The lowest BCUT2D eigenvalue weighted by atomic mass is 10.0. The minimum atomic E-state index is -0.364. The van der Waals surface area contributed by atoms with E-state index in [4.69, 9.17) is 32.7 Å². The van der Waals surface area contributed by atoms with Crippen molar-refractivity contribution in [2.45, 2.75) is 0 Å². The molecular formula is C24H17BrCl2N2O3. The Kier molecular flexibility index (Phi) is 8.18. The average Bonchev–Trinajstić information content (AvgIpc) is 2.79. The molecule has 0 aliphatic carbocycles. The molecule has 0 saturated heterocycles. The summed E-state index contributed by atoms with van der Waals surface area (Å²) in [6.45, 7) is -0.228. The molecule has 1 amide bonds. The van der Waals surface area contributed by atoms with E-state index in [1.54, 1.807) is 42.5 Å². The van der Waals surface area contributed by atoms with Crippen LogP contribution in [0, 0.1) is 11.3 Å². The Morgan fingerprint density at radius 3 is 2.47 bits per heavy atom. The number of anilines is 1. The van der Waals surface area contributed by atoms with Gasteiger partial charge in [-0.3, -0.25) is 4.79 Å². The number of nitrogens with one attached hydrogen (secondary N) is 1. The first-order valence-electron chi connectivity index (χ1n) is 9.33. The van der Waals surface area contributed by atoms with Gasteiger partial charge in [0, 0.05) is 10.2 Å². The molecule has 3 aromatic carbocycles. The van der Waals surface area contributed by atoms with Crippen LogP contribution in [0.1, 0.15) is 11.1 Å². The summed E-state index contributed by atoms with van der Waals surface area (Å²) < 4.78 is 11.9. The summed E-state index contributed by atoms with van der Waals surface area (Å²) in [6.07, 6.45) is 1.76. The highest BCUT2D eigenvalue weighted by Crippen LogP contribution is 2.30. The van der Waals surface area contributed by atoms with Crippen LogP contribution in [0.2, 0.25) is 10.0 Å². The van der Waals surface area contributed by atoms with Crippen LogP contribution in [-0.2, 0) is 4.79 Å². The van der Waals surface area contributed by atoms with Crippen LogP contribution in [0.3, 0.4) is 0 Å². The molecular weight excluding hydrogens is 515 g/mol. The first-order valence-corrected chi connectivity index (χ1v) is 10.9. The van der Waals surface area contributed by atoms with Crippen LogP contribution in [0.4, 0.5) is 5.69 Å². The zero-order valence-corrected chi connectivity index (χ0v) is 20.0. The molecule has 162 valence electrons. The third kappa shape index (κ3) is 6.27. The zero-order valence-electron chi connectivity index (χ0n) is 16.9. The number of nitriles is 1. The molecule has 8 heteroatoms. The van der Waals surface area contributed by atoms with E-state index in [1.807, 2.05) is 24.3 Å².